The van der Waals surface area contributed by atoms with Gasteiger partial charge in [-0.2, -0.15) is 0 Å². The molecule has 0 atom stereocenters. The van der Waals surface area contributed by atoms with Gasteiger partial charge >= 0.3 is 5.97 Å². The molecule has 0 radical (unpaired) electrons. The minimum Gasteiger partial charge on any atom is -0.481 e. The second kappa shape index (κ2) is 6.57. The van der Waals surface area contributed by atoms with Crippen molar-refractivity contribution in [1.29, 1.82) is 0 Å². The first-order valence-corrected chi connectivity index (χ1v) is 8.50. The average Bonchev–Trinajstić information content (AvgIpc) is 2.84. The van der Waals surface area contributed by atoms with Crippen LogP contribution in [0.2, 0.25) is 0 Å². The number of benzene rings is 1. The average molecular weight is 396 g/mol. The van der Waals surface area contributed by atoms with Crippen molar-refractivity contribution in [2.45, 2.75) is 31.7 Å². The maximum Gasteiger partial charge on any atom is 0.305 e. The van der Waals surface area contributed by atoms with E-state index in [2.05, 4.69) is 21.2 Å². The van der Waals surface area contributed by atoms with E-state index in [0.29, 0.717) is 31.6 Å². The fourth-order valence-corrected chi connectivity index (χ4v) is 3.47. The van der Waals surface area contributed by atoms with E-state index in [9.17, 15) is 14.7 Å². The maximum absolute atomic E-state index is 12.7. The lowest BCUT2D eigenvalue weighted by atomic mass is 9.86. The highest BCUT2D eigenvalue weighted by Gasteiger charge is 2.37. The fourth-order valence-electron chi connectivity index (χ4n) is 3.10. The quantitative estimate of drug-likeness (QED) is 0.828. The van der Waals surface area contributed by atoms with E-state index in [4.69, 9.17) is 9.15 Å². The summed E-state index contributed by atoms with van der Waals surface area (Å²) in [5, 5.41) is 12.9. The number of carboxylic acid groups (broad SMARTS) is 1. The number of ether oxygens (including phenoxy) is 1. The summed E-state index contributed by atoms with van der Waals surface area (Å²) in [6.45, 7) is 2.68. The number of fused-ring (bicyclic) bond motifs is 1. The van der Waals surface area contributed by atoms with Gasteiger partial charge in [0.1, 0.15) is 5.58 Å². The number of amides is 1. The topological polar surface area (TPSA) is 88.8 Å². The van der Waals surface area contributed by atoms with Crippen LogP contribution in [-0.2, 0) is 9.53 Å². The van der Waals surface area contributed by atoms with Crippen molar-refractivity contribution in [2.75, 3.05) is 13.2 Å². The van der Waals surface area contributed by atoms with Gasteiger partial charge in [-0.05, 0) is 38.0 Å². The molecule has 1 aliphatic rings. The minimum atomic E-state index is -0.942. The highest BCUT2D eigenvalue weighted by atomic mass is 79.9. The second-order valence-electron chi connectivity index (χ2n) is 6.11. The van der Waals surface area contributed by atoms with Gasteiger partial charge in [-0.1, -0.05) is 15.9 Å². The number of carbonyl (C=O) groups excluding carboxylic acids is 1. The third-order valence-electron chi connectivity index (χ3n) is 4.42. The summed E-state index contributed by atoms with van der Waals surface area (Å²) in [6, 6.07) is 5.54. The van der Waals surface area contributed by atoms with Crippen LogP contribution in [0.3, 0.4) is 0 Å². The summed E-state index contributed by atoms with van der Waals surface area (Å²) in [5.41, 5.74) is 0.564. The Morgan fingerprint density at radius 1 is 1.33 bits per heavy atom. The van der Waals surface area contributed by atoms with Gasteiger partial charge in [0.05, 0.1) is 12.0 Å². The summed E-state index contributed by atoms with van der Waals surface area (Å²) < 4.78 is 11.9. The molecule has 3 rings (SSSR count). The standard InChI is InChI=1S/C17H18BrNO5/c1-10-12-8-11(18)2-3-13(12)24-15(10)16(22)19-17(9-14(20)21)4-6-23-7-5-17/h2-3,8H,4-7,9H2,1H3,(H,19,22)(H,20,21). The fraction of sp³-hybridized carbons (Fsp3) is 0.412. The van der Waals surface area contributed by atoms with Crippen LogP contribution in [0, 0.1) is 6.92 Å². The number of hydrogen-bond donors (Lipinski definition) is 2. The lowest BCUT2D eigenvalue weighted by molar-refractivity contribution is -0.139. The molecule has 0 unspecified atom stereocenters. The predicted molar refractivity (Wildman–Crippen MR) is 91.2 cm³/mol. The molecule has 7 heteroatoms. The second-order valence-corrected chi connectivity index (χ2v) is 7.03. The van der Waals surface area contributed by atoms with Crippen molar-refractivity contribution < 1.29 is 23.8 Å². The van der Waals surface area contributed by atoms with Crippen LogP contribution in [0.25, 0.3) is 11.0 Å². The maximum atomic E-state index is 12.7. The number of halogens is 1. The van der Waals surface area contributed by atoms with Gasteiger partial charge in [0, 0.05) is 28.6 Å². The Morgan fingerprint density at radius 2 is 2.04 bits per heavy atom. The molecule has 2 heterocycles. The van der Waals surface area contributed by atoms with E-state index in [1.54, 1.807) is 6.07 Å². The van der Waals surface area contributed by atoms with Gasteiger partial charge in [0.25, 0.3) is 5.91 Å². The van der Waals surface area contributed by atoms with Crippen molar-refractivity contribution in [3.8, 4) is 0 Å². The monoisotopic (exact) mass is 395 g/mol. The Labute approximate surface area is 147 Å². The van der Waals surface area contributed by atoms with Gasteiger partial charge in [0.15, 0.2) is 5.76 Å². The van der Waals surface area contributed by atoms with Crippen molar-refractivity contribution in [2.24, 2.45) is 0 Å². The number of hydrogen-bond acceptors (Lipinski definition) is 4. The van der Waals surface area contributed by atoms with E-state index in [-0.39, 0.29) is 18.1 Å². The summed E-state index contributed by atoms with van der Waals surface area (Å²) >= 11 is 3.41. The SMILES string of the molecule is Cc1c(C(=O)NC2(CC(=O)O)CCOCC2)oc2ccc(Br)cc12. The molecule has 1 fully saturated rings. The zero-order chi connectivity index (χ0) is 17.3. The van der Waals surface area contributed by atoms with Gasteiger partial charge in [-0.15, -0.1) is 0 Å². The van der Waals surface area contributed by atoms with Crippen molar-refractivity contribution in [3.63, 3.8) is 0 Å². The van der Waals surface area contributed by atoms with Crippen molar-refractivity contribution in [3.05, 3.63) is 34.0 Å². The molecule has 1 aromatic carbocycles. The number of carbonyl (C=O) groups is 2. The number of furan rings is 1. The van der Waals surface area contributed by atoms with Crippen LogP contribution in [0.15, 0.2) is 27.1 Å². The van der Waals surface area contributed by atoms with E-state index >= 15 is 0 Å². The molecule has 0 spiro atoms. The lowest BCUT2D eigenvalue weighted by Gasteiger charge is -2.36. The van der Waals surface area contributed by atoms with E-state index in [1.165, 1.54) is 0 Å². The summed E-state index contributed by atoms with van der Waals surface area (Å²) in [7, 11) is 0. The van der Waals surface area contributed by atoms with Gasteiger partial charge < -0.3 is 19.6 Å². The molecular weight excluding hydrogens is 378 g/mol. The summed E-state index contributed by atoms with van der Waals surface area (Å²) in [5.74, 6) is -1.11. The van der Waals surface area contributed by atoms with Crippen LogP contribution < -0.4 is 5.32 Å². The summed E-state index contributed by atoms with van der Waals surface area (Å²) in [4.78, 5) is 23.9. The molecular formula is C17H18BrNO5. The van der Waals surface area contributed by atoms with E-state index < -0.39 is 11.5 Å². The number of carboxylic acids is 1. The molecule has 2 N–H and O–H groups in total. The molecule has 128 valence electrons. The Balaban J connectivity index is 1.90. The molecule has 24 heavy (non-hydrogen) atoms. The smallest absolute Gasteiger partial charge is 0.305 e. The zero-order valence-electron chi connectivity index (χ0n) is 13.2. The van der Waals surface area contributed by atoms with Crippen molar-refractivity contribution in [1.82, 2.24) is 5.32 Å². The van der Waals surface area contributed by atoms with Crippen LogP contribution in [0.5, 0.6) is 0 Å². The van der Waals surface area contributed by atoms with Crippen LogP contribution in [0.4, 0.5) is 0 Å². The first kappa shape index (κ1) is 17.0. The molecule has 1 amide bonds. The lowest BCUT2D eigenvalue weighted by Crippen LogP contribution is -2.53. The third kappa shape index (κ3) is 3.32. The van der Waals surface area contributed by atoms with Crippen LogP contribution in [0.1, 0.15) is 35.4 Å². The Hall–Kier alpha value is -1.86. The zero-order valence-corrected chi connectivity index (χ0v) is 14.8. The molecule has 2 aromatic rings. The normalized spacial score (nSPS) is 16.9. The molecule has 1 saturated heterocycles. The number of rotatable bonds is 4. The number of aryl methyl sites for hydroxylation is 1. The predicted octanol–water partition coefficient (Wildman–Crippen LogP) is 3.26. The van der Waals surface area contributed by atoms with Gasteiger partial charge in [-0.3, -0.25) is 9.59 Å². The highest BCUT2D eigenvalue weighted by molar-refractivity contribution is 9.10. The molecule has 1 aliphatic heterocycles. The summed E-state index contributed by atoms with van der Waals surface area (Å²) in [6.07, 6.45) is 0.804. The minimum absolute atomic E-state index is 0.132. The first-order chi connectivity index (χ1) is 11.4. The van der Waals surface area contributed by atoms with E-state index in [1.807, 2.05) is 19.1 Å². The molecule has 0 aliphatic carbocycles. The largest absolute Gasteiger partial charge is 0.481 e. The Morgan fingerprint density at radius 3 is 2.71 bits per heavy atom. The number of aliphatic carboxylic acids is 1. The van der Waals surface area contributed by atoms with Gasteiger partial charge in [0.2, 0.25) is 0 Å². The third-order valence-corrected chi connectivity index (χ3v) is 4.92. The Kier molecular flexibility index (Phi) is 4.64. The van der Waals surface area contributed by atoms with Crippen LogP contribution >= 0.6 is 15.9 Å². The Bertz CT molecular complexity index is 792. The molecule has 0 saturated carbocycles. The number of nitrogens with one attached hydrogen (secondary N) is 1. The van der Waals surface area contributed by atoms with Crippen molar-refractivity contribution >= 4 is 38.8 Å². The molecule has 1 aromatic heterocycles. The highest BCUT2D eigenvalue weighted by Crippen LogP contribution is 2.30. The van der Waals surface area contributed by atoms with Crippen LogP contribution in [-0.4, -0.2) is 35.7 Å². The molecule has 0 bridgehead atoms. The van der Waals surface area contributed by atoms with E-state index in [0.717, 1.165) is 15.4 Å². The molecule has 6 nitrogen and oxygen atoms in total. The first-order valence-electron chi connectivity index (χ1n) is 7.71. The van der Waals surface area contributed by atoms with Gasteiger partial charge in [-0.25, -0.2) is 0 Å².